The lowest BCUT2D eigenvalue weighted by Crippen LogP contribution is -1.96. The van der Waals surface area contributed by atoms with Crippen LogP contribution in [0.4, 0.5) is 0 Å². The summed E-state index contributed by atoms with van der Waals surface area (Å²) in [5, 5.41) is 0. The number of rotatable bonds is 1. The Balaban J connectivity index is 2.80. The van der Waals surface area contributed by atoms with E-state index in [1.165, 1.54) is 22.2 Å². The first-order valence-corrected chi connectivity index (χ1v) is 5.59. The van der Waals surface area contributed by atoms with Gasteiger partial charge in [-0.25, -0.2) is 4.98 Å². The Kier molecular flexibility index (Phi) is 2.58. The number of hydrogen-bond donors (Lipinski definition) is 0. The third-order valence-corrected chi connectivity index (χ3v) is 3.20. The Bertz CT molecular complexity index is 570. The molecule has 2 nitrogen and oxygen atoms in total. The molecule has 1 aromatic carbocycles. The standard InChI is InChI=1S/C14H18N2/c1-9(2)11(4)14-15-13-10(3)7-6-8-12(13)16(14)5/h6-8H,1-5H3. The molecular weight excluding hydrogens is 196 g/mol. The number of fused-ring (bicyclic) bond motifs is 1. The van der Waals surface area contributed by atoms with E-state index in [1.807, 2.05) is 0 Å². The summed E-state index contributed by atoms with van der Waals surface area (Å²) >= 11 is 0. The first-order valence-electron chi connectivity index (χ1n) is 5.59. The van der Waals surface area contributed by atoms with Crippen molar-refractivity contribution in [2.45, 2.75) is 27.7 Å². The van der Waals surface area contributed by atoms with Crippen molar-refractivity contribution < 1.29 is 0 Å². The average molecular weight is 214 g/mol. The number of allylic oxidation sites excluding steroid dienone is 2. The van der Waals surface area contributed by atoms with Crippen molar-refractivity contribution in [3.63, 3.8) is 0 Å². The highest BCUT2D eigenvalue weighted by Crippen LogP contribution is 2.24. The Morgan fingerprint density at radius 1 is 1.19 bits per heavy atom. The van der Waals surface area contributed by atoms with Gasteiger partial charge in [-0.2, -0.15) is 0 Å². The number of para-hydroxylation sites is 1. The molecule has 0 spiro atoms. The molecule has 0 aliphatic carbocycles. The fraction of sp³-hybridized carbons (Fsp3) is 0.357. The predicted molar refractivity (Wildman–Crippen MR) is 69.4 cm³/mol. The van der Waals surface area contributed by atoms with Gasteiger partial charge < -0.3 is 4.57 Å². The first-order chi connectivity index (χ1) is 7.52. The van der Waals surface area contributed by atoms with Gasteiger partial charge >= 0.3 is 0 Å². The zero-order valence-corrected chi connectivity index (χ0v) is 10.6. The minimum Gasteiger partial charge on any atom is -0.327 e. The molecule has 2 heteroatoms. The molecule has 0 bridgehead atoms. The zero-order valence-electron chi connectivity index (χ0n) is 10.6. The van der Waals surface area contributed by atoms with Gasteiger partial charge in [0.25, 0.3) is 0 Å². The highest BCUT2D eigenvalue weighted by molar-refractivity contribution is 5.82. The maximum Gasteiger partial charge on any atom is 0.136 e. The number of hydrogen-bond acceptors (Lipinski definition) is 1. The number of benzene rings is 1. The second kappa shape index (κ2) is 3.78. The molecule has 0 saturated carbocycles. The van der Waals surface area contributed by atoms with Crippen LogP contribution in [0.2, 0.25) is 0 Å². The lowest BCUT2D eigenvalue weighted by Gasteiger charge is -2.04. The Hall–Kier alpha value is -1.57. The van der Waals surface area contributed by atoms with Crippen LogP contribution < -0.4 is 0 Å². The molecule has 0 fully saturated rings. The summed E-state index contributed by atoms with van der Waals surface area (Å²) in [5.74, 6) is 1.07. The maximum absolute atomic E-state index is 4.74. The van der Waals surface area contributed by atoms with Crippen LogP contribution in [0, 0.1) is 6.92 Å². The number of aryl methyl sites for hydroxylation is 2. The summed E-state index contributed by atoms with van der Waals surface area (Å²) in [5.41, 5.74) is 6.13. The zero-order chi connectivity index (χ0) is 11.9. The van der Waals surface area contributed by atoms with Crippen LogP contribution in [0.1, 0.15) is 32.2 Å². The summed E-state index contributed by atoms with van der Waals surface area (Å²) in [6, 6.07) is 6.31. The van der Waals surface area contributed by atoms with E-state index in [2.05, 4.69) is 57.5 Å². The largest absolute Gasteiger partial charge is 0.327 e. The first kappa shape index (κ1) is 10.9. The normalized spacial score (nSPS) is 10.8. The monoisotopic (exact) mass is 214 g/mol. The third kappa shape index (κ3) is 1.54. The molecular formula is C14H18N2. The lowest BCUT2D eigenvalue weighted by molar-refractivity contribution is 0.917. The number of aromatic nitrogens is 2. The van der Waals surface area contributed by atoms with Gasteiger partial charge in [0, 0.05) is 7.05 Å². The molecule has 1 heterocycles. The molecule has 0 N–H and O–H groups in total. The van der Waals surface area contributed by atoms with Gasteiger partial charge in [0.2, 0.25) is 0 Å². The Labute approximate surface area is 96.6 Å². The molecule has 0 amide bonds. The van der Waals surface area contributed by atoms with E-state index in [1.54, 1.807) is 0 Å². The topological polar surface area (TPSA) is 17.8 Å². The SMILES string of the molecule is CC(C)=C(C)c1nc2c(C)cccc2n1C. The molecule has 2 rings (SSSR count). The molecule has 0 atom stereocenters. The summed E-state index contributed by atoms with van der Waals surface area (Å²) in [4.78, 5) is 4.74. The summed E-state index contributed by atoms with van der Waals surface area (Å²) in [6.45, 7) is 8.49. The molecule has 0 unspecified atom stereocenters. The van der Waals surface area contributed by atoms with E-state index >= 15 is 0 Å². The van der Waals surface area contributed by atoms with Crippen LogP contribution in [0.25, 0.3) is 16.6 Å². The van der Waals surface area contributed by atoms with E-state index in [4.69, 9.17) is 4.98 Å². The quantitative estimate of drug-likeness (QED) is 0.707. The molecule has 84 valence electrons. The Morgan fingerprint density at radius 2 is 1.88 bits per heavy atom. The summed E-state index contributed by atoms with van der Waals surface area (Å²) in [7, 11) is 2.08. The van der Waals surface area contributed by atoms with Gasteiger partial charge in [-0.15, -0.1) is 0 Å². The van der Waals surface area contributed by atoms with Crippen molar-refractivity contribution in [1.82, 2.24) is 9.55 Å². The minimum atomic E-state index is 1.07. The maximum atomic E-state index is 4.74. The Morgan fingerprint density at radius 3 is 2.44 bits per heavy atom. The second-order valence-electron chi connectivity index (χ2n) is 4.56. The minimum absolute atomic E-state index is 1.07. The highest BCUT2D eigenvalue weighted by Gasteiger charge is 2.10. The highest BCUT2D eigenvalue weighted by atomic mass is 15.1. The molecule has 16 heavy (non-hydrogen) atoms. The summed E-state index contributed by atoms with van der Waals surface area (Å²) in [6.07, 6.45) is 0. The predicted octanol–water partition coefficient (Wildman–Crippen LogP) is 3.70. The van der Waals surface area contributed by atoms with E-state index in [0.717, 1.165) is 11.3 Å². The average Bonchev–Trinajstić information content (AvgIpc) is 2.57. The number of imidazole rings is 1. The number of nitrogens with zero attached hydrogens (tertiary/aromatic N) is 2. The van der Waals surface area contributed by atoms with E-state index in [0.29, 0.717) is 0 Å². The van der Waals surface area contributed by atoms with Crippen molar-refractivity contribution in [3.05, 3.63) is 35.2 Å². The molecule has 0 aliphatic heterocycles. The van der Waals surface area contributed by atoms with Crippen molar-refractivity contribution in [3.8, 4) is 0 Å². The van der Waals surface area contributed by atoms with E-state index < -0.39 is 0 Å². The van der Waals surface area contributed by atoms with Crippen LogP contribution >= 0.6 is 0 Å². The fourth-order valence-electron chi connectivity index (χ4n) is 1.91. The van der Waals surface area contributed by atoms with Crippen LogP contribution in [0.5, 0.6) is 0 Å². The third-order valence-electron chi connectivity index (χ3n) is 3.20. The summed E-state index contributed by atoms with van der Waals surface area (Å²) < 4.78 is 2.17. The molecule has 0 aliphatic rings. The molecule has 1 aromatic heterocycles. The van der Waals surface area contributed by atoms with E-state index in [-0.39, 0.29) is 0 Å². The van der Waals surface area contributed by atoms with Crippen LogP contribution in [0.15, 0.2) is 23.8 Å². The van der Waals surface area contributed by atoms with Gasteiger partial charge in [-0.05, 0) is 44.9 Å². The lowest BCUT2D eigenvalue weighted by atomic mass is 10.2. The van der Waals surface area contributed by atoms with E-state index in [9.17, 15) is 0 Å². The molecule has 0 radical (unpaired) electrons. The van der Waals surface area contributed by atoms with Crippen molar-refractivity contribution in [2.24, 2.45) is 7.05 Å². The van der Waals surface area contributed by atoms with Crippen LogP contribution in [-0.2, 0) is 7.05 Å². The molecule has 0 saturated heterocycles. The van der Waals surface area contributed by atoms with Crippen molar-refractivity contribution in [1.29, 1.82) is 0 Å². The smallest absolute Gasteiger partial charge is 0.136 e. The van der Waals surface area contributed by atoms with Crippen LogP contribution in [0.3, 0.4) is 0 Å². The van der Waals surface area contributed by atoms with Crippen molar-refractivity contribution >= 4 is 16.6 Å². The molecule has 2 aromatic rings. The van der Waals surface area contributed by atoms with Gasteiger partial charge in [0.15, 0.2) is 0 Å². The van der Waals surface area contributed by atoms with Crippen molar-refractivity contribution in [2.75, 3.05) is 0 Å². The van der Waals surface area contributed by atoms with Crippen LogP contribution in [-0.4, -0.2) is 9.55 Å². The van der Waals surface area contributed by atoms with Gasteiger partial charge in [-0.1, -0.05) is 17.7 Å². The van der Waals surface area contributed by atoms with Gasteiger partial charge in [0.05, 0.1) is 11.0 Å². The second-order valence-corrected chi connectivity index (χ2v) is 4.56. The fourth-order valence-corrected chi connectivity index (χ4v) is 1.91. The van der Waals surface area contributed by atoms with Gasteiger partial charge in [0.1, 0.15) is 5.82 Å². The van der Waals surface area contributed by atoms with Gasteiger partial charge in [-0.3, -0.25) is 0 Å².